The minimum atomic E-state index is -0.331. The molecule has 0 unspecified atom stereocenters. The Kier molecular flexibility index (Phi) is 2.11. The van der Waals surface area contributed by atoms with Gasteiger partial charge in [0.15, 0.2) is 5.82 Å². The van der Waals surface area contributed by atoms with Crippen LogP contribution >= 0.6 is 11.6 Å². The molecule has 1 aliphatic rings. The number of nitrogens with zero attached hydrogens (tertiary/aromatic N) is 1. The summed E-state index contributed by atoms with van der Waals surface area (Å²) in [5.74, 6) is 0.540. The van der Waals surface area contributed by atoms with Gasteiger partial charge in [-0.1, -0.05) is 11.6 Å². The summed E-state index contributed by atoms with van der Waals surface area (Å²) >= 11 is 6.01. The van der Waals surface area contributed by atoms with E-state index in [4.69, 9.17) is 11.6 Å². The van der Waals surface area contributed by atoms with Crippen LogP contribution in [0.5, 0.6) is 0 Å². The molecule has 16 heavy (non-hydrogen) atoms. The van der Waals surface area contributed by atoms with Crippen LogP contribution in [0, 0.1) is 5.82 Å². The molecule has 0 spiro atoms. The van der Waals surface area contributed by atoms with Gasteiger partial charge in [-0.25, -0.2) is 4.39 Å². The van der Waals surface area contributed by atoms with E-state index in [2.05, 4.69) is 15.5 Å². The summed E-state index contributed by atoms with van der Waals surface area (Å²) in [6, 6.07) is 4.38. The summed E-state index contributed by atoms with van der Waals surface area (Å²) in [4.78, 5) is 0. The fraction of sp³-hybridized carbons (Fsp3) is 0.182. The fourth-order valence-electron chi connectivity index (χ4n) is 1.98. The molecule has 1 aromatic heterocycles. The highest BCUT2D eigenvalue weighted by Crippen LogP contribution is 2.34. The Morgan fingerprint density at radius 3 is 3.06 bits per heavy atom. The van der Waals surface area contributed by atoms with Crippen LogP contribution in [0.2, 0.25) is 5.02 Å². The van der Waals surface area contributed by atoms with E-state index >= 15 is 0 Å². The molecule has 2 aromatic rings. The lowest BCUT2D eigenvalue weighted by atomic mass is 10.1. The second-order valence-corrected chi connectivity index (χ2v) is 4.13. The molecule has 3 nitrogen and oxygen atoms in total. The smallest absolute Gasteiger partial charge is 0.151 e. The highest BCUT2D eigenvalue weighted by molar-refractivity contribution is 6.33. The molecule has 0 fully saturated rings. The van der Waals surface area contributed by atoms with Crippen LogP contribution in [-0.2, 0) is 6.42 Å². The quantitative estimate of drug-likeness (QED) is 0.801. The molecule has 5 heteroatoms. The molecular weight excluding hydrogens is 229 g/mol. The normalized spacial score (nSPS) is 13.6. The zero-order valence-electron chi connectivity index (χ0n) is 8.35. The van der Waals surface area contributed by atoms with Gasteiger partial charge in [0, 0.05) is 17.7 Å². The zero-order valence-corrected chi connectivity index (χ0v) is 9.11. The number of H-pyrrole nitrogens is 1. The molecule has 0 amide bonds. The maximum absolute atomic E-state index is 12.9. The van der Waals surface area contributed by atoms with Crippen LogP contribution in [-0.4, -0.2) is 16.7 Å². The van der Waals surface area contributed by atoms with Crippen LogP contribution < -0.4 is 5.32 Å². The highest BCUT2D eigenvalue weighted by Gasteiger charge is 2.20. The molecular formula is C11H9ClFN3. The number of aromatic amines is 1. The number of hydrogen-bond donors (Lipinski definition) is 2. The molecule has 0 atom stereocenters. The van der Waals surface area contributed by atoms with Crippen molar-refractivity contribution in [3.05, 3.63) is 34.6 Å². The van der Waals surface area contributed by atoms with E-state index in [0.29, 0.717) is 5.02 Å². The SMILES string of the molecule is Fc1ccc(-c2[nH]nc3c2CCN3)c(Cl)c1. The van der Waals surface area contributed by atoms with E-state index in [1.165, 1.54) is 12.1 Å². The van der Waals surface area contributed by atoms with Crippen molar-refractivity contribution in [2.75, 3.05) is 11.9 Å². The Labute approximate surface area is 96.6 Å². The first kappa shape index (κ1) is 9.66. The molecule has 1 aromatic carbocycles. The molecule has 1 aliphatic heterocycles. The molecule has 82 valence electrons. The third kappa shape index (κ3) is 1.38. The number of benzene rings is 1. The van der Waals surface area contributed by atoms with Crippen LogP contribution in [0.3, 0.4) is 0 Å². The van der Waals surface area contributed by atoms with Crippen LogP contribution in [0.25, 0.3) is 11.3 Å². The monoisotopic (exact) mass is 237 g/mol. The standard InChI is InChI=1S/C11H9ClFN3/c12-9-5-6(13)1-2-7(9)10-8-3-4-14-11(8)16-15-10/h1-2,5H,3-4H2,(H2,14,15,16). The number of aromatic nitrogens is 2. The minimum absolute atomic E-state index is 0.331. The number of hydrogen-bond acceptors (Lipinski definition) is 2. The number of halogens is 2. The lowest BCUT2D eigenvalue weighted by Crippen LogP contribution is -1.94. The maximum atomic E-state index is 12.9. The van der Waals surface area contributed by atoms with Gasteiger partial charge in [0.25, 0.3) is 0 Å². The first-order valence-electron chi connectivity index (χ1n) is 5.02. The van der Waals surface area contributed by atoms with E-state index in [9.17, 15) is 4.39 Å². The van der Waals surface area contributed by atoms with Gasteiger partial charge in [-0.15, -0.1) is 0 Å². The van der Waals surface area contributed by atoms with Crippen molar-refractivity contribution in [2.45, 2.75) is 6.42 Å². The minimum Gasteiger partial charge on any atom is -0.368 e. The van der Waals surface area contributed by atoms with Crippen LogP contribution in [0.15, 0.2) is 18.2 Å². The van der Waals surface area contributed by atoms with Crippen LogP contribution in [0.1, 0.15) is 5.56 Å². The average molecular weight is 238 g/mol. The highest BCUT2D eigenvalue weighted by atomic mass is 35.5. The number of anilines is 1. The van der Waals surface area contributed by atoms with Gasteiger partial charge in [-0.2, -0.15) is 5.10 Å². The van der Waals surface area contributed by atoms with Gasteiger partial charge in [-0.05, 0) is 24.6 Å². The molecule has 0 radical (unpaired) electrons. The Morgan fingerprint density at radius 2 is 2.25 bits per heavy atom. The summed E-state index contributed by atoms with van der Waals surface area (Å²) in [6.07, 6.45) is 0.912. The zero-order chi connectivity index (χ0) is 11.1. The predicted molar refractivity (Wildman–Crippen MR) is 61.2 cm³/mol. The molecule has 0 saturated carbocycles. The number of rotatable bonds is 1. The number of fused-ring (bicyclic) bond motifs is 1. The molecule has 0 aliphatic carbocycles. The second-order valence-electron chi connectivity index (χ2n) is 3.73. The molecule has 2 heterocycles. The average Bonchev–Trinajstić information content (AvgIpc) is 2.80. The third-order valence-electron chi connectivity index (χ3n) is 2.74. The van der Waals surface area contributed by atoms with E-state index in [-0.39, 0.29) is 5.82 Å². The molecule has 2 N–H and O–H groups in total. The molecule has 3 rings (SSSR count). The Morgan fingerprint density at radius 1 is 1.38 bits per heavy atom. The van der Waals surface area contributed by atoms with Crippen molar-refractivity contribution in [3.8, 4) is 11.3 Å². The van der Waals surface area contributed by atoms with Gasteiger partial charge < -0.3 is 5.32 Å². The van der Waals surface area contributed by atoms with E-state index in [1.54, 1.807) is 6.07 Å². The van der Waals surface area contributed by atoms with Gasteiger partial charge in [0.1, 0.15) is 5.82 Å². The summed E-state index contributed by atoms with van der Waals surface area (Å²) < 4.78 is 12.9. The number of nitrogens with one attached hydrogen (secondary N) is 2. The molecule has 0 bridgehead atoms. The lowest BCUT2D eigenvalue weighted by Gasteiger charge is -2.03. The van der Waals surface area contributed by atoms with E-state index in [0.717, 1.165) is 35.6 Å². The fourth-order valence-corrected chi connectivity index (χ4v) is 2.24. The van der Waals surface area contributed by atoms with Gasteiger partial charge >= 0.3 is 0 Å². The summed E-state index contributed by atoms with van der Waals surface area (Å²) in [5, 5.41) is 10.6. The van der Waals surface area contributed by atoms with E-state index < -0.39 is 0 Å². The Balaban J connectivity index is 2.15. The predicted octanol–water partition coefficient (Wildman–Crippen LogP) is 2.84. The topological polar surface area (TPSA) is 40.7 Å². The Hall–Kier alpha value is -1.55. The molecule has 0 saturated heterocycles. The van der Waals surface area contributed by atoms with Gasteiger partial charge in [-0.3, -0.25) is 5.10 Å². The van der Waals surface area contributed by atoms with Crippen molar-refractivity contribution in [2.24, 2.45) is 0 Å². The van der Waals surface area contributed by atoms with E-state index in [1.807, 2.05) is 0 Å². The first-order valence-corrected chi connectivity index (χ1v) is 5.40. The van der Waals surface area contributed by atoms with Crippen molar-refractivity contribution in [3.63, 3.8) is 0 Å². The summed E-state index contributed by atoms with van der Waals surface area (Å²) in [7, 11) is 0. The van der Waals surface area contributed by atoms with Crippen molar-refractivity contribution in [1.82, 2.24) is 10.2 Å². The van der Waals surface area contributed by atoms with Gasteiger partial charge in [0.2, 0.25) is 0 Å². The maximum Gasteiger partial charge on any atom is 0.151 e. The van der Waals surface area contributed by atoms with Crippen molar-refractivity contribution >= 4 is 17.4 Å². The lowest BCUT2D eigenvalue weighted by molar-refractivity contribution is 0.628. The summed E-state index contributed by atoms with van der Waals surface area (Å²) in [5.41, 5.74) is 2.79. The van der Waals surface area contributed by atoms with Crippen molar-refractivity contribution < 1.29 is 4.39 Å². The Bertz CT molecular complexity index is 550. The second kappa shape index (κ2) is 3.49. The first-order chi connectivity index (χ1) is 7.75. The van der Waals surface area contributed by atoms with Crippen molar-refractivity contribution in [1.29, 1.82) is 0 Å². The van der Waals surface area contributed by atoms with Crippen LogP contribution in [0.4, 0.5) is 10.2 Å². The van der Waals surface area contributed by atoms with Gasteiger partial charge in [0.05, 0.1) is 10.7 Å². The third-order valence-corrected chi connectivity index (χ3v) is 3.05. The largest absolute Gasteiger partial charge is 0.368 e. The summed E-state index contributed by atoms with van der Waals surface area (Å²) in [6.45, 7) is 0.887.